The first-order valence-electron chi connectivity index (χ1n) is 3.69. The highest BCUT2D eigenvalue weighted by Crippen LogP contribution is 2.38. The van der Waals surface area contributed by atoms with E-state index in [0.717, 1.165) is 6.07 Å². The summed E-state index contributed by atoms with van der Waals surface area (Å²) in [4.78, 5) is 10.7. The van der Waals surface area contributed by atoms with E-state index in [-0.39, 0.29) is 11.3 Å². The van der Waals surface area contributed by atoms with Crippen LogP contribution in [0.3, 0.4) is 0 Å². The van der Waals surface area contributed by atoms with Crippen molar-refractivity contribution in [3.05, 3.63) is 28.3 Å². The summed E-state index contributed by atoms with van der Waals surface area (Å²) in [7, 11) is 0. The zero-order valence-electron chi connectivity index (χ0n) is 7.23. The molecule has 1 rings (SSSR count). The Bertz CT molecular complexity index is 417. The highest BCUT2D eigenvalue weighted by Gasteiger charge is 2.34. The Kier molecular flexibility index (Phi) is 2.81. The number of carbonyl (C=O) groups is 1. The van der Waals surface area contributed by atoms with Gasteiger partial charge in [0.15, 0.2) is 0 Å². The quantitative estimate of drug-likeness (QED) is 0.735. The van der Waals surface area contributed by atoms with Crippen LogP contribution in [0.2, 0.25) is 5.02 Å². The topological polar surface area (TPSA) is 69.1 Å². The molecule has 0 saturated carbocycles. The van der Waals surface area contributed by atoms with Gasteiger partial charge in [-0.3, -0.25) is 4.79 Å². The number of nitrogen functional groups attached to an aromatic ring is 1. The number of benzene rings is 1. The maximum absolute atomic E-state index is 12.4. The third-order valence-corrected chi connectivity index (χ3v) is 2.11. The number of halogens is 4. The van der Waals surface area contributed by atoms with Gasteiger partial charge < -0.3 is 11.5 Å². The zero-order chi connectivity index (χ0) is 11.8. The number of anilines is 1. The molecule has 0 bridgehead atoms. The Morgan fingerprint density at radius 1 is 1.33 bits per heavy atom. The molecule has 0 fully saturated rings. The summed E-state index contributed by atoms with van der Waals surface area (Å²) in [6.07, 6.45) is -4.67. The molecule has 0 radical (unpaired) electrons. The van der Waals surface area contributed by atoms with Crippen molar-refractivity contribution in [2.45, 2.75) is 6.18 Å². The van der Waals surface area contributed by atoms with Gasteiger partial charge in [0, 0.05) is 5.56 Å². The molecule has 4 N–H and O–H groups in total. The number of hydrogen-bond donors (Lipinski definition) is 2. The summed E-state index contributed by atoms with van der Waals surface area (Å²) in [5, 5.41) is -0.632. The Hall–Kier alpha value is -1.43. The van der Waals surface area contributed by atoms with Crippen molar-refractivity contribution in [1.82, 2.24) is 0 Å². The largest absolute Gasteiger partial charge is 0.417 e. The van der Waals surface area contributed by atoms with E-state index in [1.165, 1.54) is 0 Å². The molecule has 0 heterocycles. The average molecular weight is 239 g/mol. The normalized spacial score (nSPS) is 11.5. The summed E-state index contributed by atoms with van der Waals surface area (Å²) in [5.74, 6) is -0.996. The molecule has 0 spiro atoms. The van der Waals surface area contributed by atoms with E-state index < -0.39 is 22.7 Å². The highest BCUT2D eigenvalue weighted by atomic mass is 35.5. The minimum atomic E-state index is -4.67. The number of hydrogen-bond acceptors (Lipinski definition) is 2. The van der Waals surface area contributed by atoms with Crippen molar-refractivity contribution in [2.75, 3.05) is 5.73 Å². The molecule has 0 aliphatic rings. The fourth-order valence-electron chi connectivity index (χ4n) is 0.995. The maximum Gasteiger partial charge on any atom is 0.417 e. The molecule has 1 amide bonds. The lowest BCUT2D eigenvalue weighted by molar-refractivity contribution is -0.137. The number of primary amides is 1. The second-order valence-electron chi connectivity index (χ2n) is 2.79. The first-order chi connectivity index (χ1) is 6.73. The van der Waals surface area contributed by atoms with Crippen LogP contribution in [0.5, 0.6) is 0 Å². The molecule has 7 heteroatoms. The smallest absolute Gasteiger partial charge is 0.397 e. The van der Waals surface area contributed by atoms with Crippen LogP contribution in [0.1, 0.15) is 15.9 Å². The molecule has 82 valence electrons. The molecular weight excluding hydrogens is 233 g/mol. The van der Waals surface area contributed by atoms with Crippen LogP contribution in [-0.2, 0) is 6.18 Å². The van der Waals surface area contributed by atoms with Gasteiger partial charge in [0.2, 0.25) is 5.91 Å². The summed E-state index contributed by atoms with van der Waals surface area (Å²) < 4.78 is 37.1. The standard InChI is InChI=1S/C8H6ClF3N2O/c9-6-4(8(10,11)12)1-3(7(14)15)2-5(6)13/h1-2H,13H2,(H2,14,15). The fourth-order valence-corrected chi connectivity index (χ4v) is 1.21. The molecule has 0 atom stereocenters. The van der Waals surface area contributed by atoms with Crippen molar-refractivity contribution in [2.24, 2.45) is 5.73 Å². The van der Waals surface area contributed by atoms with Crippen LogP contribution >= 0.6 is 11.6 Å². The first-order valence-corrected chi connectivity index (χ1v) is 4.07. The highest BCUT2D eigenvalue weighted by molar-refractivity contribution is 6.34. The summed E-state index contributed by atoms with van der Waals surface area (Å²) in [6.45, 7) is 0. The van der Waals surface area contributed by atoms with Crippen molar-refractivity contribution in [3.63, 3.8) is 0 Å². The molecule has 0 aliphatic heterocycles. The van der Waals surface area contributed by atoms with Gasteiger partial charge in [0.1, 0.15) is 0 Å². The van der Waals surface area contributed by atoms with Crippen molar-refractivity contribution in [3.8, 4) is 0 Å². The Morgan fingerprint density at radius 2 is 1.87 bits per heavy atom. The van der Waals surface area contributed by atoms with Gasteiger partial charge in [0.05, 0.1) is 16.3 Å². The Labute approximate surface area is 87.8 Å². The fraction of sp³-hybridized carbons (Fsp3) is 0.125. The SMILES string of the molecule is NC(=O)c1cc(N)c(Cl)c(C(F)(F)F)c1. The van der Waals surface area contributed by atoms with Crippen molar-refractivity contribution >= 4 is 23.2 Å². The van der Waals surface area contributed by atoms with Gasteiger partial charge in [-0.05, 0) is 12.1 Å². The molecule has 15 heavy (non-hydrogen) atoms. The number of alkyl halides is 3. The average Bonchev–Trinajstić information content (AvgIpc) is 2.06. The number of amides is 1. The minimum Gasteiger partial charge on any atom is -0.397 e. The predicted molar refractivity (Wildman–Crippen MR) is 49.4 cm³/mol. The van der Waals surface area contributed by atoms with Gasteiger partial charge in [0.25, 0.3) is 0 Å². The molecule has 0 unspecified atom stereocenters. The van der Waals surface area contributed by atoms with Crippen LogP contribution in [0.4, 0.5) is 18.9 Å². The lowest BCUT2D eigenvalue weighted by Crippen LogP contribution is -2.15. The molecular formula is C8H6ClF3N2O. The van der Waals surface area contributed by atoms with Crippen LogP contribution in [0.15, 0.2) is 12.1 Å². The first kappa shape index (κ1) is 11.6. The van der Waals surface area contributed by atoms with Gasteiger partial charge in [-0.2, -0.15) is 13.2 Å². The minimum absolute atomic E-state index is 0.329. The maximum atomic E-state index is 12.4. The molecule has 3 nitrogen and oxygen atoms in total. The lowest BCUT2D eigenvalue weighted by Gasteiger charge is -2.11. The Morgan fingerprint density at radius 3 is 2.27 bits per heavy atom. The van der Waals surface area contributed by atoms with E-state index in [4.69, 9.17) is 23.1 Å². The van der Waals surface area contributed by atoms with Crippen molar-refractivity contribution < 1.29 is 18.0 Å². The molecule has 1 aromatic carbocycles. The summed E-state index contributed by atoms with van der Waals surface area (Å²) in [6, 6.07) is 1.57. The van der Waals surface area contributed by atoms with Crippen LogP contribution in [-0.4, -0.2) is 5.91 Å². The molecule has 0 aromatic heterocycles. The van der Waals surface area contributed by atoms with Crippen LogP contribution < -0.4 is 11.5 Å². The lowest BCUT2D eigenvalue weighted by atomic mass is 10.1. The van der Waals surface area contributed by atoms with E-state index in [2.05, 4.69) is 0 Å². The second-order valence-corrected chi connectivity index (χ2v) is 3.17. The second kappa shape index (κ2) is 3.62. The number of rotatable bonds is 1. The van der Waals surface area contributed by atoms with Crippen molar-refractivity contribution in [1.29, 1.82) is 0 Å². The van der Waals surface area contributed by atoms with E-state index >= 15 is 0 Å². The van der Waals surface area contributed by atoms with E-state index in [1.807, 2.05) is 0 Å². The van der Waals surface area contributed by atoms with E-state index in [1.54, 1.807) is 0 Å². The molecule has 0 saturated heterocycles. The van der Waals surface area contributed by atoms with Gasteiger partial charge in [-0.1, -0.05) is 11.6 Å². The molecule has 1 aromatic rings. The van der Waals surface area contributed by atoms with Gasteiger partial charge in [-0.25, -0.2) is 0 Å². The van der Waals surface area contributed by atoms with Crippen LogP contribution in [0, 0.1) is 0 Å². The number of carbonyl (C=O) groups excluding carboxylic acids is 1. The predicted octanol–water partition coefficient (Wildman–Crippen LogP) is 2.04. The third-order valence-electron chi connectivity index (χ3n) is 1.69. The van der Waals surface area contributed by atoms with Gasteiger partial charge >= 0.3 is 6.18 Å². The summed E-state index contributed by atoms with van der Waals surface area (Å²) in [5.41, 5.74) is 8.23. The molecule has 0 aliphatic carbocycles. The number of nitrogens with two attached hydrogens (primary N) is 2. The summed E-state index contributed by atoms with van der Waals surface area (Å²) >= 11 is 5.36. The van der Waals surface area contributed by atoms with E-state index in [0.29, 0.717) is 6.07 Å². The Balaban J connectivity index is 3.45. The third kappa shape index (κ3) is 2.33. The van der Waals surface area contributed by atoms with Gasteiger partial charge in [-0.15, -0.1) is 0 Å². The monoisotopic (exact) mass is 238 g/mol. The van der Waals surface area contributed by atoms with E-state index in [9.17, 15) is 18.0 Å². The zero-order valence-corrected chi connectivity index (χ0v) is 7.99. The van der Waals surface area contributed by atoms with Crippen LogP contribution in [0.25, 0.3) is 0 Å².